The van der Waals surface area contributed by atoms with Crippen LogP contribution in [0.5, 0.6) is 0 Å². The number of hydrogen-bond donors (Lipinski definition) is 0. The molecule has 0 N–H and O–H groups in total. The van der Waals surface area contributed by atoms with Crippen LogP contribution in [-0.4, -0.2) is 4.57 Å². The Bertz CT molecular complexity index is 847. The van der Waals surface area contributed by atoms with E-state index in [0.717, 1.165) is 24.0 Å². The average Bonchev–Trinajstić information content (AvgIpc) is 3.03. The lowest BCUT2D eigenvalue weighted by Crippen LogP contribution is -2.20. The fourth-order valence-electron chi connectivity index (χ4n) is 2.43. The number of nitrogens with zero attached hydrogens (tertiary/aromatic N) is 1. The summed E-state index contributed by atoms with van der Waals surface area (Å²) in [6.07, 6.45) is 7.32. The van der Waals surface area contributed by atoms with E-state index in [9.17, 15) is 4.79 Å². The summed E-state index contributed by atoms with van der Waals surface area (Å²) in [4.78, 5) is 12.4. The minimum Gasteiger partial charge on any atom is -0.465 e. The van der Waals surface area contributed by atoms with Gasteiger partial charge in [-0.05, 0) is 48.6 Å². The third-order valence-corrected chi connectivity index (χ3v) is 3.86. The van der Waals surface area contributed by atoms with E-state index in [1.807, 2.05) is 54.6 Å². The second-order valence-electron chi connectivity index (χ2n) is 5.07. The van der Waals surface area contributed by atoms with E-state index in [1.165, 1.54) is 0 Å². The Balaban J connectivity index is 1.70. The van der Waals surface area contributed by atoms with Crippen LogP contribution in [0.15, 0.2) is 64.0 Å². The molecule has 2 aromatic heterocycles. The summed E-state index contributed by atoms with van der Waals surface area (Å²) in [6, 6.07) is 13.1. The number of rotatable bonds is 5. The van der Waals surface area contributed by atoms with E-state index >= 15 is 0 Å². The number of furan rings is 1. The molecule has 112 valence electrons. The molecule has 0 aliphatic rings. The standard InChI is InChI=1S/C18H16ClNO2/c19-17-13-14-7-3-4-10-16(14)18(21)20(17)11-5-1-2-8-15-9-6-12-22-15/h2-4,6-10,12-13H,1,5,11H2/b8-2+. The third kappa shape index (κ3) is 3.15. The highest BCUT2D eigenvalue weighted by Gasteiger charge is 2.06. The van der Waals surface area contributed by atoms with Crippen LogP contribution in [0.25, 0.3) is 16.8 Å². The van der Waals surface area contributed by atoms with Gasteiger partial charge in [0.2, 0.25) is 0 Å². The first-order valence-corrected chi connectivity index (χ1v) is 7.61. The fraction of sp³-hybridized carbons (Fsp3) is 0.167. The van der Waals surface area contributed by atoms with Crippen molar-refractivity contribution in [2.24, 2.45) is 0 Å². The fourth-order valence-corrected chi connectivity index (χ4v) is 2.71. The summed E-state index contributed by atoms with van der Waals surface area (Å²) in [5, 5.41) is 2.07. The number of hydrogen-bond acceptors (Lipinski definition) is 2. The van der Waals surface area contributed by atoms with Gasteiger partial charge in [0, 0.05) is 11.9 Å². The highest BCUT2D eigenvalue weighted by molar-refractivity contribution is 6.30. The summed E-state index contributed by atoms with van der Waals surface area (Å²) >= 11 is 6.23. The number of fused-ring (bicyclic) bond motifs is 1. The molecule has 0 aliphatic heterocycles. The van der Waals surface area contributed by atoms with E-state index in [2.05, 4.69) is 0 Å². The van der Waals surface area contributed by atoms with E-state index in [1.54, 1.807) is 10.8 Å². The number of pyridine rings is 1. The van der Waals surface area contributed by atoms with Crippen molar-refractivity contribution in [2.75, 3.05) is 0 Å². The minimum atomic E-state index is -0.0295. The van der Waals surface area contributed by atoms with Crippen molar-refractivity contribution < 1.29 is 4.42 Å². The molecule has 0 saturated heterocycles. The van der Waals surface area contributed by atoms with Crippen molar-refractivity contribution in [1.29, 1.82) is 0 Å². The smallest absolute Gasteiger partial charge is 0.259 e. The molecule has 3 nitrogen and oxygen atoms in total. The Morgan fingerprint density at radius 1 is 1.18 bits per heavy atom. The van der Waals surface area contributed by atoms with Crippen LogP contribution in [0.3, 0.4) is 0 Å². The average molecular weight is 314 g/mol. The lowest BCUT2D eigenvalue weighted by Gasteiger charge is -2.09. The maximum atomic E-state index is 12.4. The van der Waals surface area contributed by atoms with E-state index in [4.69, 9.17) is 16.0 Å². The van der Waals surface area contributed by atoms with Gasteiger partial charge in [0.25, 0.3) is 5.56 Å². The summed E-state index contributed by atoms with van der Waals surface area (Å²) in [5.74, 6) is 0.834. The van der Waals surface area contributed by atoms with Gasteiger partial charge in [0.05, 0.1) is 6.26 Å². The molecule has 3 aromatic rings. The molecule has 0 spiro atoms. The third-order valence-electron chi connectivity index (χ3n) is 3.55. The maximum absolute atomic E-state index is 12.4. The summed E-state index contributed by atoms with van der Waals surface area (Å²) in [5.41, 5.74) is -0.0295. The van der Waals surface area contributed by atoms with Crippen molar-refractivity contribution in [3.05, 3.63) is 76.1 Å². The molecule has 22 heavy (non-hydrogen) atoms. The molecule has 0 amide bonds. The van der Waals surface area contributed by atoms with E-state index in [-0.39, 0.29) is 5.56 Å². The first kappa shape index (κ1) is 14.7. The predicted molar refractivity (Wildman–Crippen MR) is 90.2 cm³/mol. The van der Waals surface area contributed by atoms with E-state index < -0.39 is 0 Å². The zero-order valence-electron chi connectivity index (χ0n) is 12.0. The van der Waals surface area contributed by atoms with Crippen molar-refractivity contribution in [2.45, 2.75) is 19.4 Å². The largest absolute Gasteiger partial charge is 0.465 e. The topological polar surface area (TPSA) is 35.1 Å². The Labute approximate surface area is 133 Å². The predicted octanol–water partition coefficient (Wildman–Crippen LogP) is 4.74. The number of unbranched alkanes of at least 4 members (excludes halogenated alkanes) is 1. The van der Waals surface area contributed by atoms with Gasteiger partial charge in [-0.2, -0.15) is 0 Å². The van der Waals surface area contributed by atoms with Gasteiger partial charge >= 0.3 is 0 Å². The van der Waals surface area contributed by atoms with E-state index in [0.29, 0.717) is 17.1 Å². The summed E-state index contributed by atoms with van der Waals surface area (Å²) < 4.78 is 6.85. The molecule has 0 fully saturated rings. The lowest BCUT2D eigenvalue weighted by atomic mass is 10.2. The Kier molecular flexibility index (Phi) is 4.45. The van der Waals surface area contributed by atoms with Crippen LogP contribution in [0, 0.1) is 0 Å². The van der Waals surface area contributed by atoms with Gasteiger partial charge in [-0.15, -0.1) is 0 Å². The van der Waals surface area contributed by atoms with Crippen LogP contribution < -0.4 is 5.56 Å². The number of aromatic nitrogens is 1. The molecule has 1 aromatic carbocycles. The van der Waals surface area contributed by atoms with Crippen LogP contribution in [0.4, 0.5) is 0 Å². The molecule has 2 heterocycles. The van der Waals surface area contributed by atoms with Gasteiger partial charge in [-0.25, -0.2) is 0 Å². The molecule has 0 atom stereocenters. The summed E-state index contributed by atoms with van der Waals surface area (Å²) in [6.45, 7) is 0.602. The van der Waals surface area contributed by atoms with Crippen LogP contribution in [0.2, 0.25) is 5.15 Å². The molecule has 0 aliphatic carbocycles. The minimum absolute atomic E-state index is 0.0295. The molecule has 0 saturated carbocycles. The van der Waals surface area contributed by atoms with Crippen LogP contribution >= 0.6 is 11.6 Å². The first-order valence-electron chi connectivity index (χ1n) is 7.24. The Morgan fingerprint density at radius 3 is 2.86 bits per heavy atom. The molecule has 0 bridgehead atoms. The molecule has 0 radical (unpaired) electrons. The van der Waals surface area contributed by atoms with Crippen molar-refractivity contribution >= 4 is 28.4 Å². The maximum Gasteiger partial charge on any atom is 0.259 e. The molecular formula is C18H16ClNO2. The second-order valence-corrected chi connectivity index (χ2v) is 5.46. The highest BCUT2D eigenvalue weighted by Crippen LogP contribution is 2.16. The molecule has 0 unspecified atom stereocenters. The Morgan fingerprint density at radius 2 is 2.05 bits per heavy atom. The van der Waals surface area contributed by atoms with Crippen molar-refractivity contribution in [1.82, 2.24) is 4.57 Å². The zero-order chi connectivity index (χ0) is 15.4. The van der Waals surface area contributed by atoms with Crippen LogP contribution in [-0.2, 0) is 6.54 Å². The van der Waals surface area contributed by atoms with Gasteiger partial charge < -0.3 is 4.42 Å². The number of halogens is 1. The zero-order valence-corrected chi connectivity index (χ0v) is 12.8. The highest BCUT2D eigenvalue weighted by atomic mass is 35.5. The van der Waals surface area contributed by atoms with Crippen LogP contribution in [0.1, 0.15) is 18.6 Å². The van der Waals surface area contributed by atoms with Crippen molar-refractivity contribution in [3.8, 4) is 0 Å². The monoisotopic (exact) mass is 313 g/mol. The Hall–Kier alpha value is -2.26. The molecule has 3 rings (SSSR count). The van der Waals surface area contributed by atoms with Gasteiger partial charge in [-0.1, -0.05) is 35.9 Å². The number of allylic oxidation sites excluding steroid dienone is 1. The normalized spacial score (nSPS) is 11.5. The summed E-state index contributed by atoms with van der Waals surface area (Å²) in [7, 11) is 0. The molecule has 4 heteroatoms. The van der Waals surface area contributed by atoms with Gasteiger partial charge in [0.15, 0.2) is 0 Å². The van der Waals surface area contributed by atoms with Gasteiger partial charge in [-0.3, -0.25) is 9.36 Å². The lowest BCUT2D eigenvalue weighted by molar-refractivity contribution is 0.556. The number of benzene rings is 1. The first-order chi connectivity index (χ1) is 10.8. The second kappa shape index (κ2) is 6.67. The van der Waals surface area contributed by atoms with Crippen molar-refractivity contribution in [3.63, 3.8) is 0 Å². The van der Waals surface area contributed by atoms with Gasteiger partial charge in [0.1, 0.15) is 10.9 Å². The quantitative estimate of drug-likeness (QED) is 0.503. The SMILES string of the molecule is O=c1c2ccccc2cc(Cl)n1CCC/C=C/c1ccco1. The molecular weight excluding hydrogens is 298 g/mol.